The highest BCUT2D eigenvalue weighted by molar-refractivity contribution is 9.09. The molecule has 1 saturated carbocycles. The summed E-state index contributed by atoms with van der Waals surface area (Å²) in [4.78, 5) is 12.1. The van der Waals surface area contributed by atoms with Crippen molar-refractivity contribution in [3.05, 3.63) is 23.7 Å². The fraction of sp³-hybridized carbons (Fsp3) is 0.643. The Hall–Kier alpha value is -0.770. The highest BCUT2D eigenvalue weighted by Gasteiger charge is 2.26. The van der Waals surface area contributed by atoms with Crippen molar-refractivity contribution in [2.45, 2.75) is 45.1 Å². The maximum absolute atomic E-state index is 12.1. The standard InChI is InChI=1S/C14H20BrNO2/c1-2-11-7-8-13(18-11)14(17)16-12-6-4-3-5-10(12)9-15/h7-8,10,12H,2-6,9H2,1H3,(H,16,17). The van der Waals surface area contributed by atoms with E-state index >= 15 is 0 Å². The highest BCUT2D eigenvalue weighted by atomic mass is 79.9. The van der Waals surface area contributed by atoms with Gasteiger partial charge in [0, 0.05) is 17.8 Å². The number of hydrogen-bond acceptors (Lipinski definition) is 2. The molecular weight excluding hydrogens is 294 g/mol. The molecule has 0 bridgehead atoms. The zero-order valence-corrected chi connectivity index (χ0v) is 12.3. The van der Waals surface area contributed by atoms with Crippen LogP contribution in [0.1, 0.15) is 48.9 Å². The van der Waals surface area contributed by atoms with Gasteiger partial charge in [-0.15, -0.1) is 0 Å². The van der Waals surface area contributed by atoms with Crippen LogP contribution in [0.25, 0.3) is 0 Å². The van der Waals surface area contributed by atoms with Gasteiger partial charge in [-0.25, -0.2) is 0 Å². The van der Waals surface area contributed by atoms with E-state index in [1.807, 2.05) is 13.0 Å². The van der Waals surface area contributed by atoms with Crippen LogP contribution in [-0.2, 0) is 6.42 Å². The summed E-state index contributed by atoms with van der Waals surface area (Å²) in [5, 5.41) is 4.07. The van der Waals surface area contributed by atoms with Gasteiger partial charge in [-0.05, 0) is 30.9 Å². The second-order valence-corrected chi connectivity index (χ2v) is 5.55. The highest BCUT2D eigenvalue weighted by Crippen LogP contribution is 2.26. The largest absolute Gasteiger partial charge is 0.456 e. The molecule has 0 spiro atoms. The van der Waals surface area contributed by atoms with Crippen molar-refractivity contribution < 1.29 is 9.21 Å². The number of furan rings is 1. The molecule has 3 nitrogen and oxygen atoms in total. The summed E-state index contributed by atoms with van der Waals surface area (Å²) in [6.07, 6.45) is 5.55. The minimum absolute atomic E-state index is 0.0763. The second kappa shape index (κ2) is 6.41. The van der Waals surface area contributed by atoms with E-state index in [9.17, 15) is 4.79 Å². The summed E-state index contributed by atoms with van der Waals surface area (Å²) in [5.41, 5.74) is 0. The number of carbonyl (C=O) groups is 1. The maximum atomic E-state index is 12.1. The van der Waals surface area contributed by atoms with Gasteiger partial charge in [-0.3, -0.25) is 4.79 Å². The monoisotopic (exact) mass is 313 g/mol. The zero-order valence-electron chi connectivity index (χ0n) is 10.7. The number of alkyl halides is 1. The molecule has 100 valence electrons. The van der Waals surface area contributed by atoms with Gasteiger partial charge in [0.05, 0.1) is 0 Å². The van der Waals surface area contributed by atoms with Gasteiger partial charge in [-0.2, -0.15) is 0 Å². The summed E-state index contributed by atoms with van der Waals surface area (Å²) in [7, 11) is 0. The van der Waals surface area contributed by atoms with Crippen molar-refractivity contribution in [1.82, 2.24) is 5.32 Å². The molecule has 2 unspecified atom stereocenters. The van der Waals surface area contributed by atoms with E-state index in [1.165, 1.54) is 19.3 Å². The lowest BCUT2D eigenvalue weighted by atomic mass is 9.86. The molecule has 1 aromatic rings. The molecule has 2 rings (SSSR count). The third-order valence-electron chi connectivity index (χ3n) is 3.66. The molecular formula is C14H20BrNO2. The quantitative estimate of drug-likeness (QED) is 0.864. The van der Waals surface area contributed by atoms with Crippen LogP contribution in [0, 0.1) is 5.92 Å². The Bertz CT molecular complexity index is 402. The van der Waals surface area contributed by atoms with Crippen LogP contribution in [0.15, 0.2) is 16.5 Å². The van der Waals surface area contributed by atoms with Crippen LogP contribution in [0.2, 0.25) is 0 Å². The number of aryl methyl sites for hydroxylation is 1. The third-order valence-corrected chi connectivity index (χ3v) is 4.49. The summed E-state index contributed by atoms with van der Waals surface area (Å²) in [6, 6.07) is 3.92. The molecule has 0 radical (unpaired) electrons. The molecule has 1 aromatic heterocycles. The molecule has 1 N–H and O–H groups in total. The van der Waals surface area contributed by atoms with Crippen molar-refractivity contribution in [2.24, 2.45) is 5.92 Å². The number of nitrogens with one attached hydrogen (secondary N) is 1. The summed E-state index contributed by atoms with van der Waals surface area (Å²) >= 11 is 3.54. The Morgan fingerprint density at radius 2 is 2.22 bits per heavy atom. The van der Waals surface area contributed by atoms with Crippen LogP contribution >= 0.6 is 15.9 Å². The molecule has 1 amide bonds. The molecule has 0 aliphatic heterocycles. The van der Waals surface area contributed by atoms with Gasteiger partial charge in [0.15, 0.2) is 5.76 Å². The number of carbonyl (C=O) groups excluding carboxylic acids is 1. The van der Waals surface area contributed by atoms with Gasteiger partial charge >= 0.3 is 0 Å². The first kappa shape index (κ1) is 13.7. The fourth-order valence-electron chi connectivity index (χ4n) is 2.51. The number of amides is 1. The second-order valence-electron chi connectivity index (χ2n) is 4.90. The molecule has 0 aromatic carbocycles. The lowest BCUT2D eigenvalue weighted by Gasteiger charge is -2.30. The third kappa shape index (κ3) is 3.16. The van der Waals surface area contributed by atoms with Gasteiger partial charge in [0.2, 0.25) is 0 Å². The van der Waals surface area contributed by atoms with Crippen molar-refractivity contribution in [3.63, 3.8) is 0 Å². The Kier molecular flexibility index (Phi) is 4.87. The van der Waals surface area contributed by atoms with E-state index in [2.05, 4.69) is 21.2 Å². The Morgan fingerprint density at radius 3 is 2.89 bits per heavy atom. The first-order chi connectivity index (χ1) is 8.74. The van der Waals surface area contributed by atoms with E-state index in [4.69, 9.17) is 4.42 Å². The van der Waals surface area contributed by atoms with E-state index in [0.29, 0.717) is 11.7 Å². The van der Waals surface area contributed by atoms with Gasteiger partial charge < -0.3 is 9.73 Å². The van der Waals surface area contributed by atoms with Crippen LogP contribution in [0.4, 0.5) is 0 Å². The molecule has 1 aliphatic rings. The SMILES string of the molecule is CCc1ccc(C(=O)NC2CCCCC2CBr)o1. The summed E-state index contributed by atoms with van der Waals surface area (Å²) in [6.45, 7) is 2.02. The van der Waals surface area contributed by atoms with Crippen LogP contribution in [0.3, 0.4) is 0 Å². The van der Waals surface area contributed by atoms with E-state index in [0.717, 1.165) is 23.9 Å². The van der Waals surface area contributed by atoms with E-state index in [-0.39, 0.29) is 11.9 Å². The predicted molar refractivity (Wildman–Crippen MR) is 75.1 cm³/mol. The average molecular weight is 314 g/mol. The molecule has 2 atom stereocenters. The van der Waals surface area contributed by atoms with Crippen molar-refractivity contribution in [1.29, 1.82) is 0 Å². The van der Waals surface area contributed by atoms with Gasteiger partial charge in [0.1, 0.15) is 5.76 Å². The normalized spacial score (nSPS) is 23.9. The molecule has 0 saturated heterocycles. The number of halogens is 1. The minimum atomic E-state index is -0.0763. The van der Waals surface area contributed by atoms with Crippen LogP contribution in [-0.4, -0.2) is 17.3 Å². The fourth-order valence-corrected chi connectivity index (χ4v) is 3.29. The Balaban J connectivity index is 1.97. The average Bonchev–Trinajstić information content (AvgIpc) is 2.88. The molecule has 1 fully saturated rings. The maximum Gasteiger partial charge on any atom is 0.287 e. The smallest absolute Gasteiger partial charge is 0.287 e. The van der Waals surface area contributed by atoms with Crippen molar-refractivity contribution >= 4 is 21.8 Å². The zero-order chi connectivity index (χ0) is 13.0. The molecule has 4 heteroatoms. The topological polar surface area (TPSA) is 42.2 Å². The predicted octanol–water partition coefficient (Wildman–Crippen LogP) is 3.53. The lowest BCUT2D eigenvalue weighted by Crippen LogP contribution is -2.42. The Morgan fingerprint density at radius 1 is 1.44 bits per heavy atom. The van der Waals surface area contributed by atoms with Crippen molar-refractivity contribution in [3.8, 4) is 0 Å². The van der Waals surface area contributed by atoms with Gasteiger partial charge in [0.25, 0.3) is 5.91 Å². The Labute approximate surface area is 116 Å². The number of hydrogen-bond donors (Lipinski definition) is 1. The number of rotatable bonds is 4. The summed E-state index contributed by atoms with van der Waals surface area (Å²) in [5.74, 6) is 1.77. The van der Waals surface area contributed by atoms with Gasteiger partial charge in [-0.1, -0.05) is 35.7 Å². The minimum Gasteiger partial charge on any atom is -0.456 e. The lowest BCUT2D eigenvalue weighted by molar-refractivity contribution is 0.0881. The van der Waals surface area contributed by atoms with Crippen LogP contribution in [0.5, 0.6) is 0 Å². The molecule has 1 aliphatic carbocycles. The molecule has 18 heavy (non-hydrogen) atoms. The van der Waals surface area contributed by atoms with Crippen LogP contribution < -0.4 is 5.32 Å². The van der Waals surface area contributed by atoms with E-state index in [1.54, 1.807) is 6.07 Å². The first-order valence-corrected chi connectivity index (χ1v) is 7.82. The molecule has 1 heterocycles. The van der Waals surface area contributed by atoms with Crippen molar-refractivity contribution in [2.75, 3.05) is 5.33 Å². The van der Waals surface area contributed by atoms with E-state index < -0.39 is 0 Å². The summed E-state index contributed by atoms with van der Waals surface area (Å²) < 4.78 is 5.48. The first-order valence-electron chi connectivity index (χ1n) is 6.70.